The third-order valence-corrected chi connectivity index (χ3v) is 7.64. The number of amides is 1. The van der Waals surface area contributed by atoms with E-state index in [0.29, 0.717) is 11.7 Å². The number of halogens is 1. The molecule has 1 N–H and O–H groups in total. The molecule has 1 amide bonds. The van der Waals surface area contributed by atoms with Crippen molar-refractivity contribution in [2.75, 3.05) is 26.2 Å². The van der Waals surface area contributed by atoms with Crippen LogP contribution in [0.5, 0.6) is 0 Å². The Morgan fingerprint density at radius 3 is 2.40 bits per heavy atom. The van der Waals surface area contributed by atoms with Crippen molar-refractivity contribution >= 4 is 5.91 Å². The molecule has 2 aromatic carbocycles. The van der Waals surface area contributed by atoms with Gasteiger partial charge in [-0.3, -0.25) is 4.79 Å². The van der Waals surface area contributed by atoms with Crippen LogP contribution in [0, 0.1) is 5.82 Å². The number of nitrogens with zero attached hydrogens (tertiary/aromatic N) is 4. The SMILES string of the molecule is CC(c1ccccc1-c1ccc(F)cc1)n1cncc1C(=O)N1CCC(N2CCC(O)CC2)CC1. The molecule has 1 unspecified atom stereocenters. The molecule has 1 aromatic heterocycles. The van der Waals surface area contributed by atoms with Gasteiger partial charge in [0.25, 0.3) is 5.91 Å². The second-order valence-electron chi connectivity index (χ2n) is 9.75. The minimum Gasteiger partial charge on any atom is -0.393 e. The van der Waals surface area contributed by atoms with E-state index in [1.165, 1.54) is 12.1 Å². The first-order valence-electron chi connectivity index (χ1n) is 12.6. The van der Waals surface area contributed by atoms with Crippen LogP contribution in [0.15, 0.2) is 61.1 Å². The summed E-state index contributed by atoms with van der Waals surface area (Å²) in [5.41, 5.74) is 3.59. The number of carbonyl (C=O) groups is 1. The molecule has 3 heterocycles. The first-order chi connectivity index (χ1) is 17.0. The second kappa shape index (κ2) is 10.3. The number of piperidine rings is 2. The summed E-state index contributed by atoms with van der Waals surface area (Å²) in [7, 11) is 0. The third-order valence-electron chi connectivity index (χ3n) is 7.64. The lowest BCUT2D eigenvalue weighted by atomic mass is 9.95. The topological polar surface area (TPSA) is 61.6 Å². The number of aliphatic hydroxyl groups excluding tert-OH is 1. The average Bonchev–Trinajstić information content (AvgIpc) is 3.39. The van der Waals surface area contributed by atoms with Gasteiger partial charge in [-0.15, -0.1) is 0 Å². The summed E-state index contributed by atoms with van der Waals surface area (Å²) in [5.74, 6) is -0.246. The van der Waals surface area contributed by atoms with Gasteiger partial charge in [-0.2, -0.15) is 0 Å². The van der Waals surface area contributed by atoms with Crippen LogP contribution in [0.1, 0.15) is 54.7 Å². The predicted octanol–water partition coefficient (Wildman–Crippen LogP) is 4.36. The first kappa shape index (κ1) is 23.7. The Morgan fingerprint density at radius 2 is 1.69 bits per heavy atom. The Bertz CT molecular complexity index is 1150. The lowest BCUT2D eigenvalue weighted by Gasteiger charge is -2.41. The van der Waals surface area contributed by atoms with Crippen LogP contribution in [0.3, 0.4) is 0 Å². The third kappa shape index (κ3) is 5.02. The maximum absolute atomic E-state index is 13.5. The van der Waals surface area contributed by atoms with E-state index in [0.717, 1.165) is 68.6 Å². The summed E-state index contributed by atoms with van der Waals surface area (Å²) in [6.07, 6.45) is 6.83. The molecule has 0 spiro atoms. The van der Waals surface area contributed by atoms with Crippen LogP contribution in [-0.2, 0) is 0 Å². The van der Waals surface area contributed by atoms with Gasteiger partial charge in [0.2, 0.25) is 0 Å². The van der Waals surface area contributed by atoms with E-state index in [9.17, 15) is 14.3 Å². The summed E-state index contributed by atoms with van der Waals surface area (Å²) in [6.45, 7) is 5.41. The normalized spacial score (nSPS) is 19.1. The van der Waals surface area contributed by atoms with Crippen molar-refractivity contribution < 1.29 is 14.3 Å². The first-order valence-corrected chi connectivity index (χ1v) is 12.6. The number of likely N-dealkylation sites (tertiary alicyclic amines) is 2. The highest BCUT2D eigenvalue weighted by Crippen LogP contribution is 2.31. The Hall–Kier alpha value is -3.03. The summed E-state index contributed by atoms with van der Waals surface area (Å²) < 4.78 is 15.4. The number of benzene rings is 2. The van der Waals surface area contributed by atoms with Crippen molar-refractivity contribution in [1.29, 1.82) is 0 Å². The summed E-state index contributed by atoms with van der Waals surface area (Å²) in [5, 5.41) is 9.79. The average molecular weight is 477 g/mol. The Labute approximate surface area is 206 Å². The zero-order chi connectivity index (χ0) is 24.4. The largest absolute Gasteiger partial charge is 0.393 e. The van der Waals surface area contributed by atoms with Crippen LogP contribution in [0.25, 0.3) is 11.1 Å². The molecule has 7 heteroatoms. The van der Waals surface area contributed by atoms with Crippen LogP contribution >= 0.6 is 0 Å². The molecule has 0 saturated carbocycles. The van der Waals surface area contributed by atoms with Crippen molar-refractivity contribution in [3.8, 4) is 11.1 Å². The fraction of sp³-hybridized carbons (Fsp3) is 0.429. The number of aromatic nitrogens is 2. The van der Waals surface area contributed by atoms with Crippen molar-refractivity contribution in [3.05, 3.63) is 78.1 Å². The molecule has 0 radical (unpaired) electrons. The van der Waals surface area contributed by atoms with Crippen molar-refractivity contribution in [2.45, 2.75) is 50.8 Å². The molecule has 5 rings (SSSR count). The minimum absolute atomic E-state index is 0.0149. The number of carbonyl (C=O) groups excluding carboxylic acids is 1. The van der Waals surface area contributed by atoms with Crippen LogP contribution in [0.2, 0.25) is 0 Å². The zero-order valence-electron chi connectivity index (χ0n) is 20.2. The van der Waals surface area contributed by atoms with Gasteiger partial charge in [0, 0.05) is 32.2 Å². The van der Waals surface area contributed by atoms with Gasteiger partial charge < -0.3 is 19.5 Å². The van der Waals surface area contributed by atoms with Crippen LogP contribution in [-0.4, -0.2) is 68.7 Å². The van der Waals surface area contributed by atoms with E-state index in [2.05, 4.69) is 22.9 Å². The van der Waals surface area contributed by atoms with Gasteiger partial charge in [0.1, 0.15) is 11.5 Å². The molecule has 1 atom stereocenters. The standard InChI is InChI=1S/C28H33FN4O2/c1-20(25-4-2-3-5-26(25)21-6-8-22(29)9-7-21)33-19-30-18-27(33)28(35)32-14-10-23(11-15-32)31-16-12-24(34)13-17-31/h2-9,18-20,23-24,34H,10-17H2,1H3. The summed E-state index contributed by atoms with van der Waals surface area (Å²) in [4.78, 5) is 22.3. The number of imidazole rings is 1. The molecule has 6 nitrogen and oxygen atoms in total. The smallest absolute Gasteiger partial charge is 0.272 e. The van der Waals surface area contributed by atoms with E-state index in [1.807, 2.05) is 27.7 Å². The monoisotopic (exact) mass is 476 g/mol. The maximum Gasteiger partial charge on any atom is 0.272 e. The van der Waals surface area contributed by atoms with Crippen molar-refractivity contribution in [3.63, 3.8) is 0 Å². The van der Waals surface area contributed by atoms with Gasteiger partial charge >= 0.3 is 0 Å². The molecule has 2 saturated heterocycles. The van der Waals surface area contributed by atoms with Gasteiger partial charge in [0.05, 0.1) is 24.7 Å². The van der Waals surface area contributed by atoms with Crippen LogP contribution < -0.4 is 0 Å². The molecule has 0 aliphatic carbocycles. The number of aliphatic hydroxyl groups is 1. The van der Waals surface area contributed by atoms with E-state index in [1.54, 1.807) is 24.7 Å². The number of hydrogen-bond acceptors (Lipinski definition) is 4. The van der Waals surface area contributed by atoms with Gasteiger partial charge in [0.15, 0.2) is 0 Å². The van der Waals surface area contributed by atoms with Crippen LogP contribution in [0.4, 0.5) is 4.39 Å². The molecule has 2 fully saturated rings. The minimum atomic E-state index is -0.261. The Balaban J connectivity index is 1.31. The van der Waals surface area contributed by atoms with E-state index >= 15 is 0 Å². The highest BCUT2D eigenvalue weighted by molar-refractivity contribution is 5.92. The highest BCUT2D eigenvalue weighted by atomic mass is 19.1. The van der Waals surface area contributed by atoms with Gasteiger partial charge in [-0.25, -0.2) is 9.37 Å². The lowest BCUT2D eigenvalue weighted by molar-refractivity contribution is 0.0353. The quantitative estimate of drug-likeness (QED) is 0.595. The van der Waals surface area contributed by atoms with Crippen molar-refractivity contribution in [1.82, 2.24) is 19.4 Å². The zero-order valence-corrected chi connectivity index (χ0v) is 20.2. The molecule has 3 aromatic rings. The second-order valence-corrected chi connectivity index (χ2v) is 9.75. The molecule has 0 bridgehead atoms. The predicted molar refractivity (Wildman–Crippen MR) is 134 cm³/mol. The highest BCUT2D eigenvalue weighted by Gasteiger charge is 2.31. The summed E-state index contributed by atoms with van der Waals surface area (Å²) in [6, 6.07) is 14.9. The summed E-state index contributed by atoms with van der Waals surface area (Å²) >= 11 is 0. The Kier molecular flexibility index (Phi) is 6.97. The maximum atomic E-state index is 13.5. The van der Waals surface area contributed by atoms with E-state index < -0.39 is 0 Å². The lowest BCUT2D eigenvalue weighted by Crippen LogP contribution is -2.49. The molecule has 2 aliphatic heterocycles. The van der Waals surface area contributed by atoms with E-state index in [4.69, 9.17) is 0 Å². The Morgan fingerprint density at radius 1 is 1.00 bits per heavy atom. The molecular weight excluding hydrogens is 443 g/mol. The van der Waals surface area contributed by atoms with Gasteiger partial charge in [-0.1, -0.05) is 36.4 Å². The molecule has 184 valence electrons. The molecule has 2 aliphatic rings. The number of hydrogen-bond donors (Lipinski definition) is 1. The fourth-order valence-corrected chi connectivity index (χ4v) is 5.53. The number of rotatable bonds is 5. The fourth-order valence-electron chi connectivity index (χ4n) is 5.53. The molecule has 35 heavy (non-hydrogen) atoms. The van der Waals surface area contributed by atoms with Crippen molar-refractivity contribution in [2.24, 2.45) is 0 Å². The van der Waals surface area contributed by atoms with E-state index in [-0.39, 0.29) is 23.9 Å². The molecular formula is C28H33FN4O2. The van der Waals surface area contributed by atoms with Gasteiger partial charge in [-0.05, 0) is 61.4 Å².